The number of carbonyl (C=O) groups excluding carboxylic acids is 1. The van der Waals surface area contributed by atoms with Gasteiger partial charge in [-0.3, -0.25) is 9.78 Å². The predicted molar refractivity (Wildman–Crippen MR) is 121 cm³/mol. The van der Waals surface area contributed by atoms with Crippen molar-refractivity contribution in [2.45, 2.75) is 56.7 Å². The summed E-state index contributed by atoms with van der Waals surface area (Å²) in [5.74, 6) is -4.66. The van der Waals surface area contributed by atoms with Crippen molar-refractivity contribution in [3.8, 4) is 5.75 Å². The van der Waals surface area contributed by atoms with Gasteiger partial charge in [-0.1, -0.05) is 12.1 Å². The lowest BCUT2D eigenvalue weighted by Crippen LogP contribution is -2.43. The van der Waals surface area contributed by atoms with Crippen LogP contribution in [0.25, 0.3) is 0 Å². The molecule has 1 saturated carbocycles. The molecule has 2 N–H and O–H groups in total. The van der Waals surface area contributed by atoms with E-state index in [0.29, 0.717) is 24.5 Å². The molecule has 1 fully saturated rings. The summed E-state index contributed by atoms with van der Waals surface area (Å²) in [4.78, 5) is 18.6. The van der Waals surface area contributed by atoms with Crippen LogP contribution in [0.1, 0.15) is 48.8 Å². The van der Waals surface area contributed by atoms with E-state index in [0.717, 1.165) is 6.92 Å². The Balaban J connectivity index is 1.73. The number of benzene rings is 1. The van der Waals surface area contributed by atoms with Gasteiger partial charge in [0.1, 0.15) is 5.75 Å². The number of likely N-dealkylation sites (N-methyl/N-ethyl adjacent to an activating group) is 1. The summed E-state index contributed by atoms with van der Waals surface area (Å²) in [7, 11) is 3.36. The van der Waals surface area contributed by atoms with E-state index in [4.69, 9.17) is 0 Å². The van der Waals surface area contributed by atoms with Crippen LogP contribution < -0.4 is 5.32 Å². The summed E-state index contributed by atoms with van der Waals surface area (Å²) >= 11 is 0. The Bertz CT molecular complexity index is 1020. The lowest BCUT2D eigenvalue weighted by Gasteiger charge is -2.32. The highest BCUT2D eigenvalue weighted by Gasteiger charge is 2.63. The molecule has 2 aromatic rings. The number of hydrogen-bond donors (Lipinski definition) is 2. The normalized spacial score (nSPS) is 17.2. The zero-order valence-electron chi connectivity index (χ0n) is 19.9. The molecule has 1 heterocycles. The molecule has 0 saturated heterocycles. The number of phenolic OH excluding ortho intramolecular Hbond substituents is 1. The van der Waals surface area contributed by atoms with Crippen molar-refractivity contribution in [2.75, 3.05) is 20.6 Å². The van der Waals surface area contributed by atoms with Crippen molar-refractivity contribution in [1.82, 2.24) is 15.2 Å². The van der Waals surface area contributed by atoms with Crippen molar-refractivity contribution < 1.29 is 31.9 Å². The molecule has 0 unspecified atom stereocenters. The number of amides is 1. The molecule has 35 heavy (non-hydrogen) atoms. The Labute approximate surface area is 201 Å². The SMILES string of the molecule is CN(C)[C@H](CNC(=O)C[C@H](c1cccnc1)C1(C(C)(F)F)CC1)Cc1ccc(O)cc1C(F)(F)F. The van der Waals surface area contributed by atoms with Crippen LogP contribution >= 0.6 is 0 Å². The highest BCUT2D eigenvalue weighted by molar-refractivity contribution is 5.77. The minimum absolute atomic E-state index is 0.0148. The van der Waals surface area contributed by atoms with E-state index in [-0.39, 0.29) is 24.9 Å². The number of rotatable bonds is 10. The van der Waals surface area contributed by atoms with E-state index >= 15 is 0 Å². The maximum Gasteiger partial charge on any atom is 0.416 e. The number of aromatic nitrogens is 1. The van der Waals surface area contributed by atoms with Gasteiger partial charge in [-0.25, -0.2) is 8.78 Å². The molecule has 1 amide bonds. The molecule has 10 heteroatoms. The molecule has 1 aliphatic carbocycles. The maximum atomic E-state index is 14.5. The zero-order chi connectivity index (χ0) is 26.0. The molecule has 192 valence electrons. The van der Waals surface area contributed by atoms with E-state index in [2.05, 4.69) is 10.3 Å². The molecule has 0 aliphatic heterocycles. The average Bonchev–Trinajstić information content (AvgIpc) is 3.57. The highest BCUT2D eigenvalue weighted by atomic mass is 19.4. The largest absolute Gasteiger partial charge is 0.508 e. The van der Waals surface area contributed by atoms with Gasteiger partial charge in [0, 0.05) is 42.7 Å². The number of pyridine rings is 1. The molecule has 1 aromatic carbocycles. The summed E-state index contributed by atoms with van der Waals surface area (Å²) in [6.45, 7) is 0.901. The smallest absolute Gasteiger partial charge is 0.416 e. The summed E-state index contributed by atoms with van der Waals surface area (Å²) in [6, 6.07) is 5.91. The van der Waals surface area contributed by atoms with Crippen molar-refractivity contribution in [2.24, 2.45) is 5.41 Å². The third-order valence-electron chi connectivity index (χ3n) is 6.93. The number of phenols is 1. The molecule has 1 aliphatic rings. The second-order valence-electron chi connectivity index (χ2n) is 9.55. The Morgan fingerprint density at radius 1 is 1.20 bits per heavy atom. The first kappa shape index (κ1) is 26.8. The van der Waals surface area contributed by atoms with E-state index in [9.17, 15) is 31.9 Å². The van der Waals surface area contributed by atoms with Crippen LogP contribution in [0.2, 0.25) is 0 Å². The van der Waals surface area contributed by atoms with Crippen LogP contribution in [0, 0.1) is 5.41 Å². The Morgan fingerprint density at radius 3 is 2.40 bits per heavy atom. The van der Waals surface area contributed by atoms with Gasteiger partial charge >= 0.3 is 6.18 Å². The topological polar surface area (TPSA) is 65.5 Å². The molecule has 3 rings (SSSR count). The number of alkyl halides is 5. The van der Waals surface area contributed by atoms with Crippen LogP contribution in [-0.2, 0) is 17.4 Å². The van der Waals surface area contributed by atoms with Crippen LogP contribution in [0.3, 0.4) is 0 Å². The lowest BCUT2D eigenvalue weighted by atomic mass is 9.77. The van der Waals surface area contributed by atoms with Gasteiger partial charge in [-0.15, -0.1) is 0 Å². The second-order valence-corrected chi connectivity index (χ2v) is 9.55. The first-order valence-corrected chi connectivity index (χ1v) is 11.3. The summed E-state index contributed by atoms with van der Waals surface area (Å²) in [5.41, 5.74) is -1.71. The van der Waals surface area contributed by atoms with Crippen molar-refractivity contribution >= 4 is 5.91 Å². The number of halogens is 5. The van der Waals surface area contributed by atoms with E-state index in [1.807, 2.05) is 0 Å². The fourth-order valence-electron chi connectivity index (χ4n) is 4.63. The fourth-order valence-corrected chi connectivity index (χ4v) is 4.63. The molecular formula is C25H30F5N3O2. The molecule has 1 aromatic heterocycles. The molecule has 2 atom stereocenters. The summed E-state index contributed by atoms with van der Waals surface area (Å²) < 4.78 is 69.4. The highest BCUT2D eigenvalue weighted by Crippen LogP contribution is 2.65. The maximum absolute atomic E-state index is 14.5. The number of nitrogens with one attached hydrogen (secondary N) is 1. The van der Waals surface area contributed by atoms with Crippen LogP contribution in [0.5, 0.6) is 5.75 Å². The molecule has 0 radical (unpaired) electrons. The standard InChI is InChI=1S/C25H30F5N3O2/c1-23(26,27)24(8-9-24)20(17-5-4-10-31-14-17)13-22(35)32-15-18(33(2)3)11-16-6-7-19(34)12-21(16)25(28,29)30/h4-7,10,12,14,18,20,34H,8-9,11,13,15H2,1-3H3,(H,32,35)/t18-,20+/m0/s1. The van der Waals surface area contributed by atoms with Crippen LogP contribution in [-0.4, -0.2) is 53.5 Å². The third-order valence-corrected chi connectivity index (χ3v) is 6.93. The quantitative estimate of drug-likeness (QED) is 0.452. The van der Waals surface area contributed by atoms with E-state index in [1.165, 1.54) is 24.5 Å². The second kappa shape index (κ2) is 10.1. The zero-order valence-corrected chi connectivity index (χ0v) is 19.9. The van der Waals surface area contributed by atoms with E-state index in [1.54, 1.807) is 31.1 Å². The molecule has 0 spiro atoms. The van der Waals surface area contributed by atoms with Gasteiger partial charge in [0.25, 0.3) is 5.92 Å². The Hall–Kier alpha value is -2.75. The van der Waals surface area contributed by atoms with E-state index < -0.39 is 46.7 Å². The number of nitrogens with zero attached hydrogens (tertiary/aromatic N) is 2. The average molecular weight is 500 g/mol. The first-order valence-electron chi connectivity index (χ1n) is 11.3. The first-order chi connectivity index (χ1) is 16.2. The summed E-state index contributed by atoms with van der Waals surface area (Å²) in [5, 5.41) is 12.2. The number of aromatic hydroxyl groups is 1. The Kier molecular flexibility index (Phi) is 7.74. The molecular weight excluding hydrogens is 469 g/mol. The van der Waals surface area contributed by atoms with Gasteiger partial charge in [0.2, 0.25) is 5.91 Å². The van der Waals surface area contributed by atoms with Gasteiger partial charge in [-0.05, 0) is 69.6 Å². The van der Waals surface area contributed by atoms with Gasteiger partial charge < -0.3 is 15.3 Å². The van der Waals surface area contributed by atoms with Crippen LogP contribution in [0.4, 0.5) is 22.0 Å². The van der Waals surface area contributed by atoms with Gasteiger partial charge in [-0.2, -0.15) is 13.2 Å². The van der Waals surface area contributed by atoms with Crippen molar-refractivity contribution in [1.29, 1.82) is 0 Å². The molecule has 0 bridgehead atoms. The predicted octanol–water partition coefficient (Wildman–Crippen LogP) is 5.00. The third kappa shape index (κ3) is 6.28. The molecule has 5 nitrogen and oxygen atoms in total. The number of carbonyl (C=O) groups is 1. The fraction of sp³-hybridized carbons (Fsp3) is 0.520. The van der Waals surface area contributed by atoms with Gasteiger partial charge in [0.15, 0.2) is 0 Å². The minimum atomic E-state index is -4.64. The summed E-state index contributed by atoms with van der Waals surface area (Å²) in [6.07, 6.45) is -1.24. The van der Waals surface area contributed by atoms with Crippen molar-refractivity contribution in [3.63, 3.8) is 0 Å². The monoisotopic (exact) mass is 499 g/mol. The lowest BCUT2D eigenvalue weighted by molar-refractivity contribution is -0.138. The minimum Gasteiger partial charge on any atom is -0.508 e. The van der Waals surface area contributed by atoms with Gasteiger partial charge in [0.05, 0.1) is 5.56 Å². The van der Waals surface area contributed by atoms with Crippen LogP contribution in [0.15, 0.2) is 42.7 Å². The van der Waals surface area contributed by atoms with Crippen molar-refractivity contribution in [3.05, 3.63) is 59.4 Å². The Morgan fingerprint density at radius 2 is 1.89 bits per heavy atom. The number of hydrogen-bond acceptors (Lipinski definition) is 4.